The third-order valence-electron chi connectivity index (χ3n) is 2.27. The lowest BCUT2D eigenvalue weighted by atomic mass is 10.2. The number of allylic oxidation sites excluding steroid dienone is 4. The quantitative estimate of drug-likeness (QED) is 0.346. The number of hydrogen-bond acceptors (Lipinski definition) is 3. The van der Waals surface area contributed by atoms with Crippen molar-refractivity contribution in [3.05, 3.63) is 24.3 Å². The average Bonchev–Trinajstić information content (AvgIpc) is 2.29. The minimum Gasteiger partial charge on any atom is -0.308 e. The fraction of sp³-hybridized carbons (Fsp3) is 0.692. The molecule has 4 heteroatoms. The summed E-state index contributed by atoms with van der Waals surface area (Å²) < 4.78 is 22.9. The van der Waals surface area contributed by atoms with Crippen molar-refractivity contribution in [1.82, 2.24) is 0 Å². The summed E-state index contributed by atoms with van der Waals surface area (Å²) in [4.78, 5) is 0. The van der Waals surface area contributed by atoms with Crippen LogP contribution in [0.4, 0.5) is 0 Å². The van der Waals surface area contributed by atoms with Crippen LogP contribution in [0.3, 0.4) is 0 Å². The monoisotopic (exact) mass is 260 g/mol. The van der Waals surface area contributed by atoms with Gasteiger partial charge in [0.15, 0.2) is 0 Å². The van der Waals surface area contributed by atoms with Crippen LogP contribution in [0.5, 0.6) is 0 Å². The van der Waals surface area contributed by atoms with Crippen LogP contribution in [0, 0.1) is 0 Å². The fourth-order valence-corrected chi connectivity index (χ4v) is 2.99. The Morgan fingerprint density at radius 1 is 1.12 bits per heavy atom. The molecular formula is C13H25O3P. The van der Waals surface area contributed by atoms with Gasteiger partial charge in [0.1, 0.15) is 0 Å². The first kappa shape index (κ1) is 16.6. The molecule has 3 nitrogen and oxygen atoms in total. The topological polar surface area (TPSA) is 35.5 Å². The molecule has 0 heterocycles. The molecular weight excluding hydrogens is 235 g/mol. The average molecular weight is 260 g/mol. The zero-order valence-corrected chi connectivity index (χ0v) is 12.3. The summed E-state index contributed by atoms with van der Waals surface area (Å²) in [6.45, 7) is 8.35. The Morgan fingerprint density at radius 2 is 1.65 bits per heavy atom. The van der Waals surface area contributed by atoms with Gasteiger partial charge in [0.05, 0.1) is 18.9 Å². The summed E-state index contributed by atoms with van der Waals surface area (Å²) in [6.07, 6.45) is 10.1. The highest BCUT2D eigenvalue weighted by atomic mass is 31.2. The highest BCUT2D eigenvalue weighted by molar-refractivity contribution is 7.54. The van der Waals surface area contributed by atoms with Crippen LogP contribution in [0.25, 0.3) is 0 Å². The molecule has 0 aliphatic rings. The molecule has 0 aliphatic carbocycles. The van der Waals surface area contributed by atoms with Gasteiger partial charge in [-0.1, -0.05) is 24.3 Å². The molecule has 0 aromatic carbocycles. The van der Waals surface area contributed by atoms with E-state index in [1.165, 1.54) is 0 Å². The predicted molar refractivity (Wildman–Crippen MR) is 73.5 cm³/mol. The first-order valence-corrected chi connectivity index (χ1v) is 7.88. The Bertz CT molecular complexity index is 274. The Kier molecular flexibility index (Phi) is 9.43. The van der Waals surface area contributed by atoms with Crippen molar-refractivity contribution in [2.24, 2.45) is 0 Å². The zero-order valence-electron chi connectivity index (χ0n) is 11.4. The highest BCUT2D eigenvalue weighted by Gasteiger charge is 2.29. The van der Waals surface area contributed by atoms with Gasteiger partial charge < -0.3 is 9.05 Å². The molecule has 0 aromatic heterocycles. The molecule has 0 saturated carbocycles. The molecule has 0 radical (unpaired) electrons. The maximum absolute atomic E-state index is 12.3. The first-order valence-electron chi connectivity index (χ1n) is 6.27. The van der Waals surface area contributed by atoms with Crippen LogP contribution in [0.1, 0.15) is 40.5 Å². The van der Waals surface area contributed by atoms with Crippen molar-refractivity contribution in [2.75, 3.05) is 13.2 Å². The van der Waals surface area contributed by atoms with E-state index in [0.717, 1.165) is 12.8 Å². The van der Waals surface area contributed by atoms with Gasteiger partial charge in [0, 0.05) is 0 Å². The van der Waals surface area contributed by atoms with Gasteiger partial charge in [0.2, 0.25) is 0 Å². The van der Waals surface area contributed by atoms with E-state index in [2.05, 4.69) is 6.08 Å². The minimum atomic E-state index is -2.97. The highest BCUT2D eigenvalue weighted by Crippen LogP contribution is 2.53. The van der Waals surface area contributed by atoms with Crippen LogP contribution in [0.2, 0.25) is 0 Å². The molecule has 17 heavy (non-hydrogen) atoms. The fourth-order valence-electron chi connectivity index (χ4n) is 1.39. The lowest BCUT2D eigenvalue weighted by molar-refractivity contribution is 0.216. The molecule has 0 saturated heterocycles. The molecule has 0 N–H and O–H groups in total. The van der Waals surface area contributed by atoms with Gasteiger partial charge in [0.25, 0.3) is 0 Å². The van der Waals surface area contributed by atoms with Crippen molar-refractivity contribution < 1.29 is 13.6 Å². The van der Waals surface area contributed by atoms with Crippen molar-refractivity contribution in [3.63, 3.8) is 0 Å². The molecule has 1 unspecified atom stereocenters. The lowest BCUT2D eigenvalue weighted by Gasteiger charge is -2.20. The first-order chi connectivity index (χ1) is 8.10. The van der Waals surface area contributed by atoms with E-state index in [1.807, 2.05) is 45.9 Å². The van der Waals surface area contributed by atoms with Crippen LogP contribution < -0.4 is 0 Å². The summed E-state index contributed by atoms with van der Waals surface area (Å²) >= 11 is 0. The van der Waals surface area contributed by atoms with Gasteiger partial charge in [-0.3, -0.25) is 4.57 Å². The summed E-state index contributed by atoms with van der Waals surface area (Å²) in [5.41, 5.74) is -0.187. The van der Waals surface area contributed by atoms with Crippen molar-refractivity contribution in [1.29, 1.82) is 0 Å². The van der Waals surface area contributed by atoms with Gasteiger partial charge in [-0.05, 0) is 40.5 Å². The van der Waals surface area contributed by atoms with E-state index in [1.54, 1.807) is 0 Å². The van der Waals surface area contributed by atoms with Gasteiger partial charge >= 0.3 is 7.60 Å². The van der Waals surface area contributed by atoms with Crippen molar-refractivity contribution >= 4 is 7.60 Å². The van der Waals surface area contributed by atoms with Gasteiger partial charge in [-0.25, -0.2) is 0 Å². The van der Waals surface area contributed by atoms with E-state index < -0.39 is 7.60 Å². The van der Waals surface area contributed by atoms with E-state index in [4.69, 9.17) is 9.05 Å². The lowest BCUT2D eigenvalue weighted by Crippen LogP contribution is -2.07. The van der Waals surface area contributed by atoms with Crippen molar-refractivity contribution in [2.45, 2.75) is 46.2 Å². The minimum absolute atomic E-state index is 0.187. The molecule has 0 aliphatic heterocycles. The normalized spacial score (nSPS) is 14.8. The molecule has 100 valence electrons. The number of unbranched alkanes of at least 4 members (excludes halogenated alkanes) is 1. The number of hydrogen-bond donors (Lipinski definition) is 0. The van der Waals surface area contributed by atoms with E-state index in [0.29, 0.717) is 13.2 Å². The molecule has 0 rings (SSSR count). The molecule has 0 spiro atoms. The molecule has 0 amide bonds. The standard InChI is InChI=1S/C13H25O3P/c1-5-8-9-10-11-12-13(4)17(14,15-6-2)16-7-3/h5,8,11-13H,6-7,9-10H2,1-4H3. The summed E-state index contributed by atoms with van der Waals surface area (Å²) in [5.74, 6) is 0. The van der Waals surface area contributed by atoms with Gasteiger partial charge in [-0.15, -0.1) is 0 Å². The second-order valence-electron chi connectivity index (χ2n) is 3.69. The van der Waals surface area contributed by atoms with Crippen LogP contribution in [0.15, 0.2) is 24.3 Å². The summed E-state index contributed by atoms with van der Waals surface area (Å²) in [6, 6.07) is 0. The molecule has 1 atom stereocenters. The third kappa shape index (κ3) is 6.82. The number of rotatable bonds is 9. The Labute approximate surface area is 105 Å². The van der Waals surface area contributed by atoms with Crippen LogP contribution in [-0.4, -0.2) is 18.9 Å². The van der Waals surface area contributed by atoms with E-state index >= 15 is 0 Å². The van der Waals surface area contributed by atoms with Crippen molar-refractivity contribution in [3.8, 4) is 0 Å². The maximum atomic E-state index is 12.3. The molecule has 0 fully saturated rings. The van der Waals surface area contributed by atoms with Gasteiger partial charge in [-0.2, -0.15) is 0 Å². The SMILES string of the molecule is CC=CCCC=CC(C)P(=O)(OCC)OCC. The summed E-state index contributed by atoms with van der Waals surface area (Å²) in [7, 11) is -2.97. The molecule has 0 bridgehead atoms. The van der Waals surface area contributed by atoms with E-state index in [-0.39, 0.29) is 5.66 Å². The second-order valence-corrected chi connectivity index (χ2v) is 6.10. The van der Waals surface area contributed by atoms with Crippen LogP contribution >= 0.6 is 7.60 Å². The zero-order chi connectivity index (χ0) is 13.1. The smallest absolute Gasteiger partial charge is 0.308 e. The van der Waals surface area contributed by atoms with E-state index in [9.17, 15) is 4.57 Å². The Morgan fingerprint density at radius 3 is 2.12 bits per heavy atom. The largest absolute Gasteiger partial charge is 0.337 e. The third-order valence-corrected chi connectivity index (χ3v) is 4.67. The second kappa shape index (κ2) is 9.64. The summed E-state index contributed by atoms with van der Waals surface area (Å²) in [5, 5.41) is 0. The maximum Gasteiger partial charge on any atom is 0.337 e. The van der Waals surface area contributed by atoms with Crippen LogP contribution in [-0.2, 0) is 13.6 Å². The predicted octanol–water partition coefficient (Wildman–Crippen LogP) is 4.55. The molecule has 0 aromatic rings. The Hall–Kier alpha value is -0.370. The Balaban J connectivity index is 4.31.